The molecule has 0 radical (unpaired) electrons. The lowest BCUT2D eigenvalue weighted by molar-refractivity contribution is -0.137. The van der Waals surface area contributed by atoms with Gasteiger partial charge in [0.2, 0.25) is 0 Å². The molecule has 3 aromatic rings. The lowest BCUT2D eigenvalue weighted by Gasteiger charge is -2.26. The first kappa shape index (κ1) is 24.0. The topological polar surface area (TPSA) is 68.6 Å². The van der Waals surface area contributed by atoms with Crippen molar-refractivity contribution in [2.45, 2.75) is 6.18 Å². The summed E-state index contributed by atoms with van der Waals surface area (Å²) in [5, 5.41) is 5.99. The average Bonchev–Trinajstić information content (AvgIpc) is 3.19. The van der Waals surface area contributed by atoms with Gasteiger partial charge in [-0.1, -0.05) is 23.7 Å². The molecule has 0 aliphatic carbocycles. The smallest absolute Gasteiger partial charge is 0.416 e. The molecule has 1 saturated heterocycles. The van der Waals surface area contributed by atoms with E-state index in [4.69, 9.17) is 21.1 Å². The molecular formula is C22H19ClF4N4O3. The molecule has 12 heteroatoms. The van der Waals surface area contributed by atoms with Gasteiger partial charge in [-0.15, -0.1) is 0 Å². The first-order chi connectivity index (χ1) is 16.2. The van der Waals surface area contributed by atoms with Gasteiger partial charge in [0.15, 0.2) is 11.4 Å². The molecule has 1 fully saturated rings. The fourth-order valence-corrected chi connectivity index (χ4v) is 3.76. The van der Waals surface area contributed by atoms with E-state index < -0.39 is 23.5 Å². The van der Waals surface area contributed by atoms with Crippen molar-refractivity contribution in [3.63, 3.8) is 0 Å². The van der Waals surface area contributed by atoms with Crippen molar-refractivity contribution >= 4 is 17.5 Å². The van der Waals surface area contributed by atoms with Gasteiger partial charge in [-0.25, -0.2) is 14.1 Å². The Balaban J connectivity index is 1.84. The highest BCUT2D eigenvalue weighted by atomic mass is 35.5. The first-order valence-electron chi connectivity index (χ1n) is 10.1. The number of rotatable bonds is 5. The summed E-state index contributed by atoms with van der Waals surface area (Å²) in [4.78, 5) is 13.1. The van der Waals surface area contributed by atoms with Crippen molar-refractivity contribution in [2.24, 2.45) is 0 Å². The Morgan fingerprint density at radius 3 is 2.41 bits per heavy atom. The molecule has 4 rings (SSSR count). The molecule has 1 N–H and O–H groups in total. The summed E-state index contributed by atoms with van der Waals surface area (Å²) in [5.74, 6) is -1.16. The van der Waals surface area contributed by atoms with E-state index in [-0.39, 0.29) is 33.4 Å². The molecule has 2 aromatic carbocycles. The van der Waals surface area contributed by atoms with Crippen molar-refractivity contribution < 1.29 is 31.8 Å². The number of benzene rings is 2. The molecular weight excluding hydrogens is 480 g/mol. The third-order valence-electron chi connectivity index (χ3n) is 5.16. The summed E-state index contributed by atoms with van der Waals surface area (Å²) in [6.07, 6.45) is -4.52. The van der Waals surface area contributed by atoms with Gasteiger partial charge >= 0.3 is 6.18 Å². The van der Waals surface area contributed by atoms with Crippen LogP contribution in [0.2, 0.25) is 5.02 Å². The predicted octanol–water partition coefficient (Wildman–Crippen LogP) is 4.34. The van der Waals surface area contributed by atoms with Crippen LogP contribution in [0.1, 0.15) is 16.1 Å². The van der Waals surface area contributed by atoms with Gasteiger partial charge in [-0.2, -0.15) is 18.3 Å². The second-order valence-corrected chi connectivity index (χ2v) is 7.76. The number of amides is 1. The molecule has 7 nitrogen and oxygen atoms in total. The fourth-order valence-electron chi connectivity index (χ4n) is 3.52. The monoisotopic (exact) mass is 498 g/mol. The Morgan fingerprint density at radius 1 is 1.15 bits per heavy atom. The fraction of sp³-hybridized carbons (Fsp3) is 0.273. The number of carbonyl (C=O) groups excluding carboxylic acids is 1. The molecule has 1 aliphatic heterocycles. The van der Waals surface area contributed by atoms with Crippen LogP contribution in [0.4, 0.5) is 17.6 Å². The maximum atomic E-state index is 13.7. The number of carbonyl (C=O) groups is 1. The van der Waals surface area contributed by atoms with Crippen molar-refractivity contribution in [1.29, 1.82) is 0 Å². The maximum Gasteiger partial charge on any atom is 0.416 e. The number of ether oxygens (including phenoxy) is 2. The highest BCUT2D eigenvalue weighted by Gasteiger charge is 2.32. The zero-order valence-corrected chi connectivity index (χ0v) is 18.6. The molecule has 0 atom stereocenters. The highest BCUT2D eigenvalue weighted by Crippen LogP contribution is 2.38. The number of alkyl halides is 3. The van der Waals surface area contributed by atoms with Gasteiger partial charge in [0.25, 0.3) is 5.91 Å². The quantitative estimate of drug-likeness (QED) is 0.530. The van der Waals surface area contributed by atoms with Crippen LogP contribution in [0.25, 0.3) is 16.9 Å². The summed E-state index contributed by atoms with van der Waals surface area (Å²) in [7, 11) is 1.31. The zero-order valence-electron chi connectivity index (χ0n) is 17.8. The van der Waals surface area contributed by atoms with E-state index in [0.29, 0.717) is 26.3 Å². The average molecular weight is 499 g/mol. The van der Waals surface area contributed by atoms with E-state index in [0.717, 1.165) is 24.3 Å². The van der Waals surface area contributed by atoms with E-state index in [2.05, 4.69) is 10.5 Å². The van der Waals surface area contributed by atoms with Crippen LogP contribution in [-0.2, 0) is 10.9 Å². The van der Waals surface area contributed by atoms with E-state index in [1.165, 1.54) is 30.0 Å². The van der Waals surface area contributed by atoms with Gasteiger partial charge < -0.3 is 9.47 Å². The Labute approximate surface area is 196 Å². The minimum Gasteiger partial charge on any atom is -0.492 e. The van der Waals surface area contributed by atoms with Crippen molar-refractivity contribution in [3.05, 3.63) is 64.6 Å². The maximum absolute atomic E-state index is 13.7. The second-order valence-electron chi connectivity index (χ2n) is 7.35. The number of methoxy groups -OCH3 is 1. The minimum atomic E-state index is -4.52. The van der Waals surface area contributed by atoms with Crippen molar-refractivity contribution in [3.8, 4) is 22.7 Å². The third-order valence-corrected chi connectivity index (χ3v) is 5.46. The summed E-state index contributed by atoms with van der Waals surface area (Å²) < 4.78 is 64.9. The summed E-state index contributed by atoms with van der Waals surface area (Å²) >= 11 is 6.24. The standard InChI is InChI=1S/C22H19ClF4N4O3/c1-33-20-18(21(32)29-30-8-10-34-11-9-30)28-31(17-7-6-15(24)12-16(17)23)19(20)13-2-4-14(5-3-13)22(25,26)27/h2-7,12H,8-11H2,1H3,(H,29,32). The molecule has 1 amide bonds. The van der Waals surface area contributed by atoms with Crippen molar-refractivity contribution in [1.82, 2.24) is 20.2 Å². The van der Waals surface area contributed by atoms with Crippen LogP contribution in [0.3, 0.4) is 0 Å². The van der Waals surface area contributed by atoms with Gasteiger partial charge in [-0.05, 0) is 30.3 Å². The van der Waals surface area contributed by atoms with E-state index in [1.807, 2.05) is 0 Å². The van der Waals surface area contributed by atoms with Crippen LogP contribution in [0.15, 0.2) is 42.5 Å². The second kappa shape index (κ2) is 9.61. The zero-order chi connectivity index (χ0) is 24.5. The predicted molar refractivity (Wildman–Crippen MR) is 115 cm³/mol. The number of hydrogen-bond acceptors (Lipinski definition) is 5. The van der Waals surface area contributed by atoms with E-state index >= 15 is 0 Å². The molecule has 0 unspecified atom stereocenters. The molecule has 0 saturated carbocycles. The van der Waals surface area contributed by atoms with Gasteiger partial charge in [0.1, 0.15) is 11.5 Å². The molecule has 1 aromatic heterocycles. The number of nitrogens with one attached hydrogen (secondary N) is 1. The molecule has 34 heavy (non-hydrogen) atoms. The number of hydrogen-bond donors (Lipinski definition) is 1. The van der Waals surface area contributed by atoms with Crippen LogP contribution < -0.4 is 10.2 Å². The van der Waals surface area contributed by atoms with E-state index in [1.54, 1.807) is 5.01 Å². The molecule has 2 heterocycles. The normalized spacial score (nSPS) is 14.8. The van der Waals surface area contributed by atoms with Crippen LogP contribution in [0, 0.1) is 5.82 Å². The summed E-state index contributed by atoms with van der Waals surface area (Å²) in [5.41, 5.74) is 2.43. The van der Waals surface area contributed by atoms with Crippen LogP contribution in [-0.4, -0.2) is 54.1 Å². The lowest BCUT2D eigenvalue weighted by atomic mass is 10.1. The number of morpholine rings is 1. The van der Waals surface area contributed by atoms with Gasteiger partial charge in [0.05, 0.1) is 36.6 Å². The molecule has 0 spiro atoms. The summed E-state index contributed by atoms with van der Waals surface area (Å²) in [6, 6.07) is 7.85. The highest BCUT2D eigenvalue weighted by molar-refractivity contribution is 6.32. The SMILES string of the molecule is COc1c(C(=O)NN2CCOCC2)nn(-c2ccc(F)cc2Cl)c1-c1ccc(C(F)(F)F)cc1. The van der Waals surface area contributed by atoms with Gasteiger partial charge in [0, 0.05) is 18.7 Å². The van der Waals surface area contributed by atoms with Crippen LogP contribution in [0.5, 0.6) is 5.75 Å². The number of hydrazine groups is 1. The Hall–Kier alpha value is -3.15. The third kappa shape index (κ3) is 4.86. The number of nitrogens with zero attached hydrogens (tertiary/aromatic N) is 3. The Morgan fingerprint density at radius 2 is 1.82 bits per heavy atom. The minimum absolute atomic E-state index is 0.0153. The largest absolute Gasteiger partial charge is 0.492 e. The van der Waals surface area contributed by atoms with Crippen molar-refractivity contribution in [2.75, 3.05) is 33.4 Å². The molecule has 180 valence electrons. The first-order valence-corrected chi connectivity index (χ1v) is 10.5. The van der Waals surface area contributed by atoms with Crippen LogP contribution >= 0.6 is 11.6 Å². The molecule has 0 bridgehead atoms. The Bertz CT molecular complexity index is 1190. The number of aromatic nitrogens is 2. The summed E-state index contributed by atoms with van der Waals surface area (Å²) in [6.45, 7) is 1.80. The van der Waals surface area contributed by atoms with Gasteiger partial charge in [-0.3, -0.25) is 10.2 Å². The lowest BCUT2D eigenvalue weighted by Crippen LogP contribution is -2.48. The number of halogens is 5. The Kier molecular flexibility index (Phi) is 6.78. The van der Waals surface area contributed by atoms with E-state index in [9.17, 15) is 22.4 Å². The molecule has 1 aliphatic rings.